The molecule has 21 heavy (non-hydrogen) atoms. The molecule has 0 aliphatic carbocycles. The molecule has 0 aromatic heterocycles. The minimum Gasteiger partial charge on any atom is -0.480 e. The van der Waals surface area contributed by atoms with Crippen molar-refractivity contribution in [2.75, 3.05) is 26.2 Å². The highest BCUT2D eigenvalue weighted by Gasteiger charge is 2.25. The third-order valence-electron chi connectivity index (χ3n) is 4.47. The van der Waals surface area contributed by atoms with E-state index >= 15 is 0 Å². The summed E-state index contributed by atoms with van der Waals surface area (Å²) in [6, 6.07) is -1.20. The minimum atomic E-state index is -0.976. The van der Waals surface area contributed by atoms with Gasteiger partial charge in [0, 0.05) is 6.54 Å². The van der Waals surface area contributed by atoms with Crippen LogP contribution in [0, 0.1) is 11.8 Å². The van der Waals surface area contributed by atoms with Gasteiger partial charge in [-0.1, -0.05) is 27.2 Å². The molecule has 0 saturated carbocycles. The Morgan fingerprint density at radius 2 is 1.90 bits per heavy atom. The molecule has 1 saturated heterocycles. The second-order valence-corrected chi connectivity index (χ2v) is 5.93. The average molecular weight is 299 g/mol. The summed E-state index contributed by atoms with van der Waals surface area (Å²) in [7, 11) is 0. The molecule has 0 radical (unpaired) electrons. The highest BCUT2D eigenvalue weighted by atomic mass is 16.4. The third kappa shape index (κ3) is 5.91. The van der Waals surface area contributed by atoms with Gasteiger partial charge in [-0.15, -0.1) is 0 Å². The topological polar surface area (TPSA) is 81.7 Å². The number of nitrogens with zero attached hydrogens (tertiary/aromatic N) is 1. The highest BCUT2D eigenvalue weighted by molar-refractivity contribution is 5.82. The number of urea groups is 1. The first-order valence-corrected chi connectivity index (χ1v) is 7.97. The average Bonchev–Trinajstić information content (AvgIpc) is 2.50. The molecule has 122 valence electrons. The van der Waals surface area contributed by atoms with Gasteiger partial charge >= 0.3 is 12.0 Å². The molecule has 1 rings (SSSR count). The predicted octanol–water partition coefficient (Wildman–Crippen LogP) is 1.52. The number of nitrogens with one attached hydrogen (secondary N) is 2. The molecule has 3 N–H and O–H groups in total. The summed E-state index contributed by atoms with van der Waals surface area (Å²) >= 11 is 0. The van der Waals surface area contributed by atoms with Gasteiger partial charge in [0.05, 0.1) is 0 Å². The van der Waals surface area contributed by atoms with Crippen LogP contribution in [0.4, 0.5) is 4.79 Å². The van der Waals surface area contributed by atoms with Crippen LogP contribution in [0.3, 0.4) is 0 Å². The fourth-order valence-electron chi connectivity index (χ4n) is 2.62. The van der Waals surface area contributed by atoms with Gasteiger partial charge in [0.2, 0.25) is 0 Å². The quantitative estimate of drug-likeness (QED) is 0.665. The zero-order valence-electron chi connectivity index (χ0n) is 13.4. The van der Waals surface area contributed by atoms with Crippen LogP contribution < -0.4 is 10.6 Å². The summed E-state index contributed by atoms with van der Waals surface area (Å²) in [5.41, 5.74) is 0. The number of likely N-dealkylation sites (tertiary alicyclic amines) is 1. The number of carbonyl (C=O) groups is 2. The summed E-state index contributed by atoms with van der Waals surface area (Å²) in [6.45, 7) is 9.77. The number of carbonyl (C=O) groups excluding carboxylic acids is 1. The van der Waals surface area contributed by atoms with E-state index in [1.54, 1.807) is 0 Å². The standard InChI is InChI=1S/C15H29N3O3/c1-4-11(3)13(14(19)20)17-15(21)16-10-12-6-8-18(5-2)9-7-12/h11-13H,4-10H2,1-3H3,(H,19,20)(H2,16,17,21)/t11-,13-/m0/s1. The van der Waals surface area contributed by atoms with E-state index in [1.165, 1.54) is 0 Å². The van der Waals surface area contributed by atoms with Gasteiger partial charge in [-0.05, 0) is 44.3 Å². The Balaban J connectivity index is 2.31. The zero-order chi connectivity index (χ0) is 15.8. The molecule has 2 atom stereocenters. The maximum Gasteiger partial charge on any atom is 0.326 e. The first kappa shape index (κ1) is 17.8. The lowest BCUT2D eigenvalue weighted by atomic mass is 9.97. The van der Waals surface area contributed by atoms with Crippen molar-refractivity contribution in [1.82, 2.24) is 15.5 Å². The Morgan fingerprint density at radius 1 is 1.29 bits per heavy atom. The minimum absolute atomic E-state index is 0.0824. The van der Waals surface area contributed by atoms with Crippen LogP contribution in [0.5, 0.6) is 0 Å². The molecular formula is C15H29N3O3. The number of amides is 2. The second kappa shape index (κ2) is 8.87. The van der Waals surface area contributed by atoms with Gasteiger partial charge in [-0.25, -0.2) is 9.59 Å². The molecule has 1 aliphatic heterocycles. The molecule has 6 heteroatoms. The number of piperidine rings is 1. The van der Waals surface area contributed by atoms with Crippen LogP contribution in [-0.2, 0) is 4.79 Å². The van der Waals surface area contributed by atoms with E-state index in [9.17, 15) is 9.59 Å². The molecule has 0 unspecified atom stereocenters. The predicted molar refractivity (Wildman–Crippen MR) is 82.3 cm³/mol. The van der Waals surface area contributed by atoms with Crippen LogP contribution in [0.2, 0.25) is 0 Å². The first-order valence-electron chi connectivity index (χ1n) is 7.97. The maximum atomic E-state index is 11.8. The van der Waals surface area contributed by atoms with Crippen molar-refractivity contribution in [3.63, 3.8) is 0 Å². The molecule has 0 bridgehead atoms. The summed E-state index contributed by atoms with van der Waals surface area (Å²) in [4.78, 5) is 25.4. The van der Waals surface area contributed by atoms with Gasteiger partial charge in [-0.2, -0.15) is 0 Å². The van der Waals surface area contributed by atoms with E-state index in [4.69, 9.17) is 5.11 Å². The zero-order valence-corrected chi connectivity index (χ0v) is 13.4. The van der Waals surface area contributed by atoms with Crippen molar-refractivity contribution in [2.45, 2.75) is 46.1 Å². The first-order chi connectivity index (χ1) is 9.97. The molecular weight excluding hydrogens is 270 g/mol. The van der Waals surface area contributed by atoms with Crippen molar-refractivity contribution in [2.24, 2.45) is 11.8 Å². The van der Waals surface area contributed by atoms with E-state index in [2.05, 4.69) is 22.5 Å². The normalized spacial score (nSPS) is 19.8. The van der Waals surface area contributed by atoms with Crippen molar-refractivity contribution >= 4 is 12.0 Å². The van der Waals surface area contributed by atoms with Gasteiger partial charge in [-0.3, -0.25) is 0 Å². The molecule has 0 spiro atoms. The molecule has 2 amide bonds. The molecule has 0 aromatic carbocycles. The Bertz CT molecular complexity index is 341. The van der Waals surface area contributed by atoms with Crippen LogP contribution in [0.1, 0.15) is 40.0 Å². The lowest BCUT2D eigenvalue weighted by Gasteiger charge is -2.31. The van der Waals surface area contributed by atoms with E-state index in [0.717, 1.165) is 32.5 Å². The second-order valence-electron chi connectivity index (χ2n) is 5.93. The lowest BCUT2D eigenvalue weighted by molar-refractivity contribution is -0.140. The molecule has 1 heterocycles. The maximum absolute atomic E-state index is 11.8. The molecule has 6 nitrogen and oxygen atoms in total. The molecule has 0 aromatic rings. The molecule has 1 fully saturated rings. The highest BCUT2D eigenvalue weighted by Crippen LogP contribution is 2.15. The van der Waals surface area contributed by atoms with Crippen LogP contribution in [0.25, 0.3) is 0 Å². The van der Waals surface area contributed by atoms with E-state index < -0.39 is 12.0 Å². The smallest absolute Gasteiger partial charge is 0.326 e. The summed E-state index contributed by atoms with van der Waals surface area (Å²) in [5.74, 6) is -0.567. The van der Waals surface area contributed by atoms with Gasteiger partial charge in [0.15, 0.2) is 0 Å². The van der Waals surface area contributed by atoms with Crippen molar-refractivity contribution < 1.29 is 14.7 Å². The number of carboxylic acids is 1. The van der Waals surface area contributed by atoms with E-state index in [1.807, 2.05) is 13.8 Å². The van der Waals surface area contributed by atoms with E-state index in [0.29, 0.717) is 18.9 Å². The number of hydrogen-bond acceptors (Lipinski definition) is 3. The number of carboxylic acid groups (broad SMARTS) is 1. The number of hydrogen-bond donors (Lipinski definition) is 3. The Morgan fingerprint density at radius 3 is 2.38 bits per heavy atom. The van der Waals surface area contributed by atoms with Crippen LogP contribution in [-0.4, -0.2) is 54.2 Å². The Labute approximate surface area is 127 Å². The fraction of sp³-hybridized carbons (Fsp3) is 0.867. The Kier molecular flexibility index (Phi) is 7.50. The van der Waals surface area contributed by atoms with Gasteiger partial charge in [0.1, 0.15) is 6.04 Å². The van der Waals surface area contributed by atoms with Crippen LogP contribution >= 0.6 is 0 Å². The van der Waals surface area contributed by atoms with Crippen molar-refractivity contribution in [3.8, 4) is 0 Å². The number of rotatable bonds is 7. The largest absolute Gasteiger partial charge is 0.480 e. The van der Waals surface area contributed by atoms with Crippen molar-refractivity contribution in [1.29, 1.82) is 0 Å². The van der Waals surface area contributed by atoms with Crippen LogP contribution in [0.15, 0.2) is 0 Å². The fourth-order valence-corrected chi connectivity index (χ4v) is 2.62. The number of aliphatic carboxylic acids is 1. The molecule has 1 aliphatic rings. The summed E-state index contributed by atoms with van der Waals surface area (Å²) in [5, 5.41) is 14.5. The third-order valence-corrected chi connectivity index (χ3v) is 4.47. The summed E-state index contributed by atoms with van der Waals surface area (Å²) in [6.07, 6.45) is 2.89. The lowest BCUT2D eigenvalue weighted by Crippen LogP contribution is -2.50. The van der Waals surface area contributed by atoms with Gasteiger partial charge < -0.3 is 20.6 Å². The monoisotopic (exact) mass is 299 g/mol. The van der Waals surface area contributed by atoms with Gasteiger partial charge in [0.25, 0.3) is 0 Å². The SMILES string of the molecule is CC[C@H](C)[C@H](NC(=O)NCC1CCN(CC)CC1)C(=O)O. The van der Waals surface area contributed by atoms with Crippen molar-refractivity contribution in [3.05, 3.63) is 0 Å². The van der Waals surface area contributed by atoms with E-state index in [-0.39, 0.29) is 11.9 Å². The summed E-state index contributed by atoms with van der Waals surface area (Å²) < 4.78 is 0. The Hall–Kier alpha value is -1.30.